The van der Waals surface area contributed by atoms with Gasteiger partial charge in [0.05, 0.1) is 26.2 Å². The number of methoxy groups -OCH3 is 1. The summed E-state index contributed by atoms with van der Waals surface area (Å²) in [6.45, 7) is 2.10. The third kappa shape index (κ3) is 6.67. The number of hydrogen-bond donors (Lipinski definition) is 2. The topological polar surface area (TPSA) is 110 Å². The lowest BCUT2D eigenvalue weighted by molar-refractivity contribution is -0.143. The molecule has 0 saturated heterocycles. The summed E-state index contributed by atoms with van der Waals surface area (Å²) in [5.74, 6) is 0.193. The third-order valence-corrected chi connectivity index (χ3v) is 6.12. The number of rotatable bonds is 12. The van der Waals surface area contributed by atoms with Crippen LogP contribution >= 0.6 is 0 Å². The van der Waals surface area contributed by atoms with E-state index in [4.69, 9.17) is 14.9 Å². The smallest absolute Gasteiger partial charge is 0.308 e. The molecule has 0 amide bonds. The van der Waals surface area contributed by atoms with Gasteiger partial charge in [-0.2, -0.15) is 0 Å². The Morgan fingerprint density at radius 3 is 2.73 bits per heavy atom. The van der Waals surface area contributed by atoms with Crippen molar-refractivity contribution in [2.24, 2.45) is 0 Å². The third-order valence-electron chi connectivity index (χ3n) is 6.12. The van der Waals surface area contributed by atoms with Crippen LogP contribution in [0, 0.1) is 5.41 Å². The van der Waals surface area contributed by atoms with Gasteiger partial charge in [0.1, 0.15) is 0 Å². The molecule has 2 N–H and O–H groups in total. The summed E-state index contributed by atoms with van der Waals surface area (Å²) >= 11 is 0. The van der Waals surface area contributed by atoms with Gasteiger partial charge in [0, 0.05) is 47.0 Å². The first-order valence-corrected chi connectivity index (χ1v) is 12.4. The van der Waals surface area contributed by atoms with Crippen LogP contribution in [0.1, 0.15) is 48.2 Å². The number of carbonyl (C=O) groups excluding carboxylic acids is 1. The minimum atomic E-state index is -0.374. The molecule has 4 rings (SSSR count). The van der Waals surface area contributed by atoms with Crippen molar-refractivity contribution in [1.29, 1.82) is 5.41 Å². The van der Waals surface area contributed by atoms with E-state index in [1.807, 2.05) is 42.5 Å². The van der Waals surface area contributed by atoms with Crippen LogP contribution in [0.5, 0.6) is 5.88 Å². The molecule has 1 atom stereocenters. The van der Waals surface area contributed by atoms with E-state index in [-0.39, 0.29) is 18.4 Å². The normalized spacial score (nSPS) is 11.6. The number of esters is 1. The minimum absolute atomic E-state index is 0.130. The molecule has 3 aromatic heterocycles. The molecule has 0 spiro atoms. The van der Waals surface area contributed by atoms with Crippen molar-refractivity contribution in [3.63, 3.8) is 0 Å². The van der Waals surface area contributed by atoms with Crippen molar-refractivity contribution in [1.82, 2.24) is 15.0 Å². The van der Waals surface area contributed by atoms with E-state index in [0.717, 1.165) is 58.4 Å². The van der Waals surface area contributed by atoms with E-state index >= 15 is 0 Å². The van der Waals surface area contributed by atoms with Gasteiger partial charge in [-0.3, -0.25) is 4.79 Å². The van der Waals surface area contributed by atoms with Gasteiger partial charge in [-0.1, -0.05) is 18.2 Å². The number of carbonyl (C=O) groups is 1. The molecular weight excluding hydrogens is 466 g/mol. The maximum atomic E-state index is 12.4. The number of aromatic nitrogens is 3. The van der Waals surface area contributed by atoms with E-state index in [1.165, 1.54) is 6.21 Å². The fraction of sp³-hybridized carbons (Fsp3) is 0.276. The van der Waals surface area contributed by atoms with Crippen molar-refractivity contribution in [2.45, 2.75) is 38.6 Å². The van der Waals surface area contributed by atoms with Crippen molar-refractivity contribution >= 4 is 28.9 Å². The highest BCUT2D eigenvalue weighted by Gasteiger charge is 2.19. The lowest BCUT2D eigenvalue weighted by atomic mass is 9.98. The first-order chi connectivity index (χ1) is 18.1. The van der Waals surface area contributed by atoms with E-state index in [1.54, 1.807) is 32.5 Å². The molecular formula is C29H31N5O3. The number of anilines is 1. The molecule has 37 heavy (non-hydrogen) atoms. The summed E-state index contributed by atoms with van der Waals surface area (Å²) in [4.78, 5) is 25.7. The summed E-state index contributed by atoms with van der Waals surface area (Å²) in [5.41, 5.74) is 5.22. The fourth-order valence-corrected chi connectivity index (χ4v) is 4.26. The molecule has 0 radical (unpaired) electrons. The number of benzene rings is 1. The molecule has 0 aliphatic heterocycles. The summed E-state index contributed by atoms with van der Waals surface area (Å²) in [6, 6.07) is 17.2. The minimum Gasteiger partial charge on any atom is -0.481 e. The van der Waals surface area contributed by atoms with Gasteiger partial charge in [-0.05, 0) is 67.6 Å². The zero-order chi connectivity index (χ0) is 26.0. The predicted molar refractivity (Wildman–Crippen MR) is 144 cm³/mol. The molecule has 190 valence electrons. The van der Waals surface area contributed by atoms with Crippen LogP contribution in [0.3, 0.4) is 0 Å². The second kappa shape index (κ2) is 12.6. The zero-order valence-corrected chi connectivity index (χ0v) is 21.1. The van der Waals surface area contributed by atoms with Gasteiger partial charge in [0.25, 0.3) is 0 Å². The summed E-state index contributed by atoms with van der Waals surface area (Å²) < 4.78 is 10.4. The maximum Gasteiger partial charge on any atom is 0.308 e. The Bertz CT molecular complexity index is 1360. The Balaban J connectivity index is 1.50. The number of nitrogens with one attached hydrogen (secondary N) is 2. The molecule has 0 fully saturated rings. The van der Waals surface area contributed by atoms with Gasteiger partial charge in [-0.25, -0.2) is 15.0 Å². The van der Waals surface area contributed by atoms with Gasteiger partial charge in [0.15, 0.2) is 5.65 Å². The number of fused-ring (bicyclic) bond motifs is 1. The summed E-state index contributed by atoms with van der Waals surface area (Å²) in [7, 11) is 1.56. The highest BCUT2D eigenvalue weighted by atomic mass is 16.5. The SMILES string of the molecule is CCOC(=O)CC(Nc1cccc(CCCc2ccc3cccnc3n2)c1C=N)c1ccc(OC)nc1. The molecule has 3 heterocycles. The molecule has 8 nitrogen and oxygen atoms in total. The molecule has 0 saturated carbocycles. The van der Waals surface area contributed by atoms with E-state index in [0.29, 0.717) is 12.5 Å². The van der Waals surface area contributed by atoms with Crippen molar-refractivity contribution in [3.05, 3.63) is 89.4 Å². The highest BCUT2D eigenvalue weighted by Crippen LogP contribution is 2.28. The average molecular weight is 498 g/mol. The van der Waals surface area contributed by atoms with Crippen LogP contribution in [0.15, 0.2) is 67.0 Å². The van der Waals surface area contributed by atoms with Gasteiger partial charge in [0.2, 0.25) is 5.88 Å². The van der Waals surface area contributed by atoms with Crippen molar-refractivity contribution < 1.29 is 14.3 Å². The Morgan fingerprint density at radius 2 is 1.97 bits per heavy atom. The summed E-state index contributed by atoms with van der Waals surface area (Å²) in [5, 5.41) is 12.6. The summed E-state index contributed by atoms with van der Waals surface area (Å²) in [6.07, 6.45) is 7.42. The Morgan fingerprint density at radius 1 is 1.08 bits per heavy atom. The number of ether oxygens (including phenoxy) is 2. The molecule has 0 aliphatic rings. The molecule has 4 aromatic rings. The standard InChI is InChI=1S/C29H31N5O3/c1-3-37-28(35)17-26(22-13-15-27(36-2)32-19-22)34-25-11-5-8-20(24(25)18-30)7-4-10-23-14-12-21-9-6-16-31-29(21)33-23/h5-6,8-9,11-16,18-19,26,30,34H,3-4,7,10,17H2,1-2H3. The van der Waals surface area contributed by atoms with E-state index < -0.39 is 0 Å². The number of pyridine rings is 3. The molecule has 1 unspecified atom stereocenters. The van der Waals surface area contributed by atoms with Crippen LogP contribution in [0.4, 0.5) is 5.69 Å². The maximum absolute atomic E-state index is 12.4. The van der Waals surface area contributed by atoms with Crippen LogP contribution in [-0.4, -0.2) is 40.9 Å². The Kier molecular flexibility index (Phi) is 8.75. The van der Waals surface area contributed by atoms with E-state index in [9.17, 15) is 4.79 Å². The second-order valence-corrected chi connectivity index (χ2v) is 8.57. The number of nitrogens with zero attached hydrogens (tertiary/aromatic N) is 3. The van der Waals surface area contributed by atoms with Crippen LogP contribution in [-0.2, 0) is 22.4 Å². The second-order valence-electron chi connectivity index (χ2n) is 8.57. The van der Waals surface area contributed by atoms with Gasteiger partial charge < -0.3 is 20.2 Å². The lowest BCUT2D eigenvalue weighted by Crippen LogP contribution is -2.18. The first-order valence-electron chi connectivity index (χ1n) is 12.4. The largest absolute Gasteiger partial charge is 0.481 e. The molecule has 0 bridgehead atoms. The molecule has 1 aromatic carbocycles. The number of aryl methyl sites for hydroxylation is 2. The monoisotopic (exact) mass is 497 g/mol. The first kappa shape index (κ1) is 25.8. The lowest BCUT2D eigenvalue weighted by Gasteiger charge is -2.22. The van der Waals surface area contributed by atoms with Crippen LogP contribution < -0.4 is 10.1 Å². The number of hydrogen-bond acceptors (Lipinski definition) is 8. The predicted octanol–water partition coefficient (Wildman–Crippen LogP) is 5.31. The van der Waals surface area contributed by atoms with Crippen LogP contribution in [0.2, 0.25) is 0 Å². The van der Waals surface area contributed by atoms with Crippen LogP contribution in [0.25, 0.3) is 11.0 Å². The van der Waals surface area contributed by atoms with Gasteiger partial charge >= 0.3 is 5.97 Å². The Hall–Kier alpha value is -4.33. The highest BCUT2D eigenvalue weighted by molar-refractivity contribution is 5.88. The average Bonchev–Trinajstić information content (AvgIpc) is 2.93. The van der Waals surface area contributed by atoms with Crippen molar-refractivity contribution in [3.8, 4) is 5.88 Å². The molecule has 0 aliphatic carbocycles. The van der Waals surface area contributed by atoms with E-state index in [2.05, 4.69) is 26.3 Å². The Labute approximate surface area is 216 Å². The van der Waals surface area contributed by atoms with Gasteiger partial charge in [-0.15, -0.1) is 0 Å². The molecule has 8 heteroatoms. The quantitative estimate of drug-likeness (QED) is 0.201. The zero-order valence-electron chi connectivity index (χ0n) is 21.1. The van der Waals surface area contributed by atoms with Crippen molar-refractivity contribution in [2.75, 3.05) is 19.0 Å². The fourth-order valence-electron chi connectivity index (χ4n) is 4.26.